The molecule has 0 saturated carbocycles. The molecule has 8 nitrogen and oxygen atoms in total. The fourth-order valence-electron chi connectivity index (χ4n) is 1.84. The molecule has 3 N–H and O–H groups in total. The summed E-state index contributed by atoms with van der Waals surface area (Å²) in [5.74, 6) is 0.0948. The highest BCUT2D eigenvalue weighted by atomic mass is 16.6. The van der Waals surface area contributed by atoms with Gasteiger partial charge in [0.05, 0.1) is 18.1 Å². The fraction of sp³-hybridized carbons (Fsp3) is 0.538. The molecule has 0 unspecified atom stereocenters. The lowest BCUT2D eigenvalue weighted by atomic mass is 10.3. The Labute approximate surface area is 122 Å². The van der Waals surface area contributed by atoms with Gasteiger partial charge < -0.3 is 20.1 Å². The van der Waals surface area contributed by atoms with Crippen LogP contribution in [-0.4, -0.2) is 70.7 Å². The first-order valence-electron chi connectivity index (χ1n) is 6.56. The van der Waals surface area contributed by atoms with E-state index in [-0.39, 0.29) is 37.8 Å². The maximum absolute atomic E-state index is 10.8. The monoisotopic (exact) mass is 300 g/mol. The van der Waals surface area contributed by atoms with Crippen LogP contribution in [0.1, 0.15) is 0 Å². The average Bonchev–Trinajstić information content (AvgIpc) is 2.46. The summed E-state index contributed by atoms with van der Waals surface area (Å²) < 4.78 is 5.27. The van der Waals surface area contributed by atoms with Crippen molar-refractivity contribution in [3.63, 3.8) is 0 Å². The van der Waals surface area contributed by atoms with Gasteiger partial charge in [-0.05, 0) is 6.07 Å². The van der Waals surface area contributed by atoms with Gasteiger partial charge in [-0.25, -0.2) is 0 Å². The van der Waals surface area contributed by atoms with E-state index >= 15 is 0 Å². The zero-order valence-electron chi connectivity index (χ0n) is 11.6. The number of nitro benzene ring substituents is 1. The van der Waals surface area contributed by atoms with E-state index in [2.05, 4.69) is 0 Å². The molecule has 0 aliphatic carbocycles. The SMILES string of the molecule is O=[N+]([O-])c1ccccc1OC[C@@H](O)CN(CCO)CCO. The molecule has 8 heteroatoms. The number of hydrogen-bond donors (Lipinski definition) is 3. The number of aliphatic hydroxyl groups is 3. The third kappa shape index (κ3) is 6.05. The second-order valence-electron chi connectivity index (χ2n) is 4.44. The van der Waals surface area contributed by atoms with Crippen LogP contribution in [0.15, 0.2) is 24.3 Å². The Hall–Kier alpha value is -1.74. The number of nitro groups is 1. The summed E-state index contributed by atoms with van der Waals surface area (Å²) >= 11 is 0. The smallest absolute Gasteiger partial charge is 0.310 e. The summed E-state index contributed by atoms with van der Waals surface area (Å²) in [5.41, 5.74) is -0.160. The first-order valence-corrected chi connectivity index (χ1v) is 6.56. The number of nitrogens with zero attached hydrogens (tertiary/aromatic N) is 2. The summed E-state index contributed by atoms with van der Waals surface area (Å²) in [6, 6.07) is 5.93. The molecular weight excluding hydrogens is 280 g/mol. The third-order valence-corrected chi connectivity index (χ3v) is 2.79. The predicted octanol–water partition coefficient (Wildman–Crippen LogP) is -0.379. The van der Waals surface area contributed by atoms with E-state index in [0.29, 0.717) is 13.1 Å². The number of benzene rings is 1. The lowest BCUT2D eigenvalue weighted by molar-refractivity contribution is -0.385. The van der Waals surface area contributed by atoms with Gasteiger partial charge in [0.15, 0.2) is 5.75 Å². The molecule has 0 aliphatic heterocycles. The minimum absolute atomic E-state index is 0.0856. The molecule has 118 valence electrons. The Morgan fingerprint density at radius 1 is 1.24 bits per heavy atom. The van der Waals surface area contributed by atoms with Gasteiger partial charge in [-0.15, -0.1) is 0 Å². The first-order chi connectivity index (χ1) is 10.1. The van der Waals surface area contributed by atoms with Crippen LogP contribution >= 0.6 is 0 Å². The highest BCUT2D eigenvalue weighted by Crippen LogP contribution is 2.25. The molecule has 21 heavy (non-hydrogen) atoms. The Balaban J connectivity index is 2.52. The zero-order chi connectivity index (χ0) is 15.7. The van der Waals surface area contributed by atoms with E-state index in [1.54, 1.807) is 11.0 Å². The van der Waals surface area contributed by atoms with E-state index in [1.807, 2.05) is 0 Å². The van der Waals surface area contributed by atoms with Crippen LogP contribution in [0, 0.1) is 10.1 Å². The van der Waals surface area contributed by atoms with Gasteiger partial charge in [-0.3, -0.25) is 15.0 Å². The number of ether oxygens (including phenoxy) is 1. The Bertz CT molecular complexity index is 436. The van der Waals surface area contributed by atoms with E-state index in [4.69, 9.17) is 14.9 Å². The van der Waals surface area contributed by atoms with Crippen molar-refractivity contribution in [1.82, 2.24) is 4.90 Å². The van der Waals surface area contributed by atoms with Crippen molar-refractivity contribution in [2.24, 2.45) is 0 Å². The number of hydrogen-bond acceptors (Lipinski definition) is 7. The Morgan fingerprint density at radius 3 is 2.43 bits per heavy atom. The van der Waals surface area contributed by atoms with Crippen molar-refractivity contribution in [3.8, 4) is 5.75 Å². The number of para-hydroxylation sites is 2. The molecule has 0 aromatic heterocycles. The van der Waals surface area contributed by atoms with Gasteiger partial charge in [0.25, 0.3) is 0 Å². The lowest BCUT2D eigenvalue weighted by Gasteiger charge is -2.23. The molecule has 0 saturated heterocycles. The molecule has 1 rings (SSSR count). The van der Waals surface area contributed by atoms with Gasteiger partial charge in [-0.2, -0.15) is 0 Å². The minimum Gasteiger partial charge on any atom is -0.484 e. The van der Waals surface area contributed by atoms with E-state index < -0.39 is 11.0 Å². The van der Waals surface area contributed by atoms with E-state index in [0.717, 1.165) is 0 Å². The van der Waals surface area contributed by atoms with Crippen LogP contribution in [-0.2, 0) is 0 Å². The summed E-state index contributed by atoms with van der Waals surface area (Å²) in [5, 5.41) is 38.4. The van der Waals surface area contributed by atoms with Crippen molar-refractivity contribution in [1.29, 1.82) is 0 Å². The van der Waals surface area contributed by atoms with Crippen LogP contribution < -0.4 is 4.74 Å². The summed E-state index contributed by atoms with van der Waals surface area (Å²) in [7, 11) is 0. The third-order valence-electron chi connectivity index (χ3n) is 2.79. The molecule has 0 amide bonds. The van der Waals surface area contributed by atoms with Gasteiger partial charge >= 0.3 is 5.69 Å². The molecule has 0 heterocycles. The Kier molecular flexibility index (Phi) is 7.62. The quantitative estimate of drug-likeness (QED) is 0.398. The first kappa shape index (κ1) is 17.3. The van der Waals surface area contributed by atoms with Crippen molar-refractivity contribution in [2.75, 3.05) is 39.5 Å². The second kappa shape index (κ2) is 9.24. The molecule has 0 fully saturated rings. The lowest BCUT2D eigenvalue weighted by Crippen LogP contribution is -2.38. The summed E-state index contributed by atoms with van der Waals surface area (Å²) in [4.78, 5) is 11.9. The topological polar surface area (TPSA) is 116 Å². The highest BCUT2D eigenvalue weighted by molar-refractivity contribution is 5.45. The molecule has 0 radical (unpaired) electrons. The molecule has 0 spiro atoms. The van der Waals surface area contributed by atoms with Gasteiger partial charge in [0.1, 0.15) is 12.7 Å². The van der Waals surface area contributed by atoms with Crippen LogP contribution in [0.5, 0.6) is 5.75 Å². The van der Waals surface area contributed by atoms with Crippen LogP contribution in [0.3, 0.4) is 0 Å². The molecule has 0 bridgehead atoms. The number of aliphatic hydroxyl groups excluding tert-OH is 3. The summed E-state index contributed by atoms with van der Waals surface area (Å²) in [6.45, 7) is 0.557. The minimum atomic E-state index is -0.886. The predicted molar refractivity (Wildman–Crippen MR) is 75.2 cm³/mol. The van der Waals surface area contributed by atoms with Gasteiger partial charge in [0, 0.05) is 25.7 Å². The van der Waals surface area contributed by atoms with Crippen molar-refractivity contribution < 1.29 is 25.0 Å². The van der Waals surface area contributed by atoms with E-state index in [1.165, 1.54) is 18.2 Å². The summed E-state index contributed by atoms with van der Waals surface area (Å²) in [6.07, 6.45) is -0.886. The second-order valence-corrected chi connectivity index (χ2v) is 4.44. The molecule has 0 aliphatic rings. The molecular formula is C13H20N2O6. The number of rotatable bonds is 10. The largest absolute Gasteiger partial charge is 0.484 e. The maximum atomic E-state index is 10.8. The highest BCUT2D eigenvalue weighted by Gasteiger charge is 2.16. The average molecular weight is 300 g/mol. The van der Waals surface area contributed by atoms with Crippen LogP contribution in [0.4, 0.5) is 5.69 Å². The molecule has 1 atom stereocenters. The van der Waals surface area contributed by atoms with Crippen molar-refractivity contribution in [3.05, 3.63) is 34.4 Å². The van der Waals surface area contributed by atoms with Gasteiger partial charge in [0.2, 0.25) is 0 Å². The van der Waals surface area contributed by atoms with Crippen LogP contribution in [0.25, 0.3) is 0 Å². The van der Waals surface area contributed by atoms with Crippen molar-refractivity contribution in [2.45, 2.75) is 6.10 Å². The van der Waals surface area contributed by atoms with E-state index in [9.17, 15) is 15.2 Å². The zero-order valence-corrected chi connectivity index (χ0v) is 11.6. The standard InChI is InChI=1S/C13H20N2O6/c16-7-5-14(6-8-17)9-11(18)10-21-13-4-2-1-3-12(13)15(19)20/h1-4,11,16-18H,5-10H2/t11-/m0/s1. The van der Waals surface area contributed by atoms with Gasteiger partial charge in [-0.1, -0.05) is 12.1 Å². The Morgan fingerprint density at radius 2 is 1.86 bits per heavy atom. The molecule has 1 aromatic rings. The van der Waals surface area contributed by atoms with Crippen LogP contribution in [0.2, 0.25) is 0 Å². The molecule has 1 aromatic carbocycles. The maximum Gasteiger partial charge on any atom is 0.310 e. The fourth-order valence-corrected chi connectivity index (χ4v) is 1.84. The van der Waals surface area contributed by atoms with Crippen molar-refractivity contribution >= 4 is 5.69 Å². The normalized spacial score (nSPS) is 12.4.